The predicted molar refractivity (Wildman–Crippen MR) is 96.7 cm³/mol. The minimum atomic E-state index is -1.19. The summed E-state index contributed by atoms with van der Waals surface area (Å²) in [4.78, 5) is 0. The van der Waals surface area contributed by atoms with Crippen molar-refractivity contribution in [1.29, 1.82) is 0 Å². The van der Waals surface area contributed by atoms with Gasteiger partial charge in [-0.3, -0.25) is 0 Å². The van der Waals surface area contributed by atoms with Gasteiger partial charge in [0.2, 0.25) is 0 Å². The van der Waals surface area contributed by atoms with Crippen LogP contribution < -0.4 is 0 Å². The fraction of sp³-hybridized carbons (Fsp3) is 0.789. The minimum absolute atomic E-state index is 0. The van der Waals surface area contributed by atoms with Crippen molar-refractivity contribution in [2.75, 3.05) is 0 Å². The maximum Gasteiger partial charge on any atom is 4.00 e. The summed E-state index contributed by atoms with van der Waals surface area (Å²) in [6.07, 6.45) is 9.33. The van der Waals surface area contributed by atoms with Gasteiger partial charge in [0.15, 0.2) is 0 Å². The second-order valence-electron chi connectivity index (χ2n) is 8.07. The summed E-state index contributed by atoms with van der Waals surface area (Å²) in [5.41, 5.74) is 1.02. The molecule has 3 rings (SSSR count). The van der Waals surface area contributed by atoms with E-state index in [-0.39, 0.29) is 44.0 Å². The number of rotatable bonds is 1. The molecule has 0 bridgehead atoms. The molecule has 2 heteroatoms. The molecule has 6 unspecified atom stereocenters. The molecule has 0 heterocycles. The summed E-state index contributed by atoms with van der Waals surface area (Å²) in [5, 5.41) is 0. The van der Waals surface area contributed by atoms with Crippen molar-refractivity contribution >= 4 is 8.07 Å². The third-order valence-electron chi connectivity index (χ3n) is 6.25. The summed E-state index contributed by atoms with van der Waals surface area (Å²) in [6.45, 7) is 12.2. The van der Waals surface area contributed by atoms with E-state index in [1.807, 2.05) is 0 Å². The molecule has 0 amide bonds. The SMILES string of the molecule is [CH2-][Si](C)(C)C1C(C)CC2CC3CCCC3CC21.[CH3-].[CH3-].[CH3-].[Ti+4]. The summed E-state index contributed by atoms with van der Waals surface area (Å²) >= 11 is 0. The maximum absolute atomic E-state index is 4.62. The zero-order valence-corrected chi connectivity index (χ0v) is 18.0. The molecule has 122 valence electrons. The molecule has 0 radical (unpaired) electrons. The van der Waals surface area contributed by atoms with Gasteiger partial charge in [-0.2, -0.15) is 0 Å². The first kappa shape index (κ1) is 24.2. The van der Waals surface area contributed by atoms with Crippen LogP contribution in [0.4, 0.5) is 0 Å². The van der Waals surface area contributed by atoms with E-state index >= 15 is 0 Å². The molecule has 0 aromatic carbocycles. The summed E-state index contributed by atoms with van der Waals surface area (Å²) in [7, 11) is -1.19. The van der Waals surface area contributed by atoms with Gasteiger partial charge in [-0.25, -0.2) is 0 Å². The van der Waals surface area contributed by atoms with E-state index in [0.717, 1.165) is 35.1 Å². The van der Waals surface area contributed by atoms with Crippen molar-refractivity contribution in [3.8, 4) is 0 Å². The molecule has 0 N–H and O–H groups in total. The third kappa shape index (κ3) is 4.48. The molecule has 0 aromatic heterocycles. The molecule has 0 spiro atoms. The quantitative estimate of drug-likeness (QED) is 0.389. The Morgan fingerprint density at radius 2 is 1.38 bits per heavy atom. The Bertz CT molecular complexity index is 296. The topological polar surface area (TPSA) is 0 Å². The van der Waals surface area contributed by atoms with Crippen LogP contribution in [-0.2, 0) is 21.7 Å². The molecule has 3 saturated carbocycles. The van der Waals surface area contributed by atoms with Gasteiger partial charge >= 0.3 is 21.7 Å². The molecule has 0 aliphatic heterocycles. The Morgan fingerprint density at radius 3 is 1.90 bits per heavy atom. The van der Waals surface area contributed by atoms with E-state index in [1.165, 1.54) is 12.8 Å². The molecule has 3 fully saturated rings. The fourth-order valence-electron chi connectivity index (χ4n) is 5.95. The first-order chi connectivity index (χ1) is 7.97. The van der Waals surface area contributed by atoms with Crippen LogP contribution in [0.5, 0.6) is 0 Å². The predicted octanol–water partition coefficient (Wildman–Crippen LogP) is 6.27. The zero-order valence-electron chi connectivity index (χ0n) is 15.4. The third-order valence-corrected chi connectivity index (χ3v) is 9.06. The van der Waals surface area contributed by atoms with Crippen molar-refractivity contribution in [2.45, 2.75) is 64.1 Å². The number of hydrogen-bond acceptors (Lipinski definition) is 0. The molecule has 3 aliphatic carbocycles. The van der Waals surface area contributed by atoms with Gasteiger partial charge in [0.25, 0.3) is 0 Å². The van der Waals surface area contributed by atoms with Crippen molar-refractivity contribution in [3.05, 3.63) is 28.8 Å². The van der Waals surface area contributed by atoms with Crippen LogP contribution in [0.25, 0.3) is 0 Å². The first-order valence-electron chi connectivity index (χ1n) is 7.82. The summed E-state index contributed by atoms with van der Waals surface area (Å²) in [6, 6.07) is 0. The fourth-order valence-corrected chi connectivity index (χ4v) is 9.19. The Hall–Kier alpha value is 0.931. The van der Waals surface area contributed by atoms with Gasteiger partial charge in [-0.1, -0.05) is 52.9 Å². The van der Waals surface area contributed by atoms with Gasteiger partial charge in [0.05, 0.1) is 0 Å². The number of fused-ring (bicyclic) bond motifs is 2. The van der Waals surface area contributed by atoms with E-state index in [9.17, 15) is 0 Å². The van der Waals surface area contributed by atoms with Crippen molar-refractivity contribution < 1.29 is 21.7 Å². The second kappa shape index (κ2) is 8.69. The van der Waals surface area contributed by atoms with Gasteiger partial charge in [-0.05, 0) is 48.9 Å². The van der Waals surface area contributed by atoms with E-state index in [2.05, 4.69) is 26.6 Å². The van der Waals surface area contributed by atoms with E-state index in [1.54, 1.807) is 25.7 Å². The average molecular weight is 342 g/mol. The Balaban J connectivity index is 0. The Kier molecular flexibility index (Phi) is 10.0. The molecular weight excluding hydrogens is 304 g/mol. The van der Waals surface area contributed by atoms with Gasteiger partial charge in [-0.15, -0.1) is 0 Å². The molecule has 21 heavy (non-hydrogen) atoms. The Labute approximate surface area is 152 Å². The van der Waals surface area contributed by atoms with E-state index in [4.69, 9.17) is 0 Å². The minimum Gasteiger partial charge on any atom is -0.358 e. The van der Waals surface area contributed by atoms with E-state index in [0.29, 0.717) is 0 Å². The molecule has 0 saturated heterocycles. The number of hydrogen-bond donors (Lipinski definition) is 0. The van der Waals surface area contributed by atoms with E-state index < -0.39 is 8.07 Å². The van der Waals surface area contributed by atoms with Crippen LogP contribution in [0.2, 0.25) is 18.6 Å². The van der Waals surface area contributed by atoms with Crippen LogP contribution >= 0.6 is 0 Å². The van der Waals surface area contributed by atoms with Crippen molar-refractivity contribution in [2.24, 2.45) is 29.6 Å². The zero-order chi connectivity index (χ0) is 12.2. The Morgan fingerprint density at radius 1 is 0.857 bits per heavy atom. The van der Waals surface area contributed by atoms with Gasteiger partial charge < -0.3 is 28.8 Å². The second-order valence-corrected chi connectivity index (χ2v) is 12.7. The molecule has 0 nitrogen and oxygen atoms in total. The van der Waals surface area contributed by atoms with Crippen LogP contribution in [0.3, 0.4) is 0 Å². The van der Waals surface area contributed by atoms with Crippen LogP contribution in [0.1, 0.15) is 45.4 Å². The van der Waals surface area contributed by atoms with Crippen LogP contribution in [0, 0.1) is 58.4 Å². The normalized spacial score (nSPS) is 40.6. The van der Waals surface area contributed by atoms with Crippen LogP contribution in [0.15, 0.2) is 0 Å². The smallest absolute Gasteiger partial charge is 0.358 e. The van der Waals surface area contributed by atoms with Crippen LogP contribution in [-0.4, -0.2) is 8.07 Å². The first-order valence-corrected chi connectivity index (χ1v) is 11.1. The molecule has 6 atom stereocenters. The van der Waals surface area contributed by atoms with Gasteiger partial charge in [0.1, 0.15) is 0 Å². The largest absolute Gasteiger partial charge is 4.00 e. The van der Waals surface area contributed by atoms with Crippen molar-refractivity contribution in [1.82, 2.24) is 0 Å². The molecule has 0 aromatic rings. The standard InChI is InChI=1S/C16H29Si.3CH3.Ti/c1-11-8-14-9-12-6-5-7-13(12)10-15(14)16(11)17(2,3)4;;;;/h11-16H,2,5-10H2,1,3-4H3;3*1H3;/q4*-1;+4. The van der Waals surface area contributed by atoms with Gasteiger partial charge in [0, 0.05) is 0 Å². The maximum atomic E-state index is 4.62. The van der Waals surface area contributed by atoms with Crippen molar-refractivity contribution in [3.63, 3.8) is 0 Å². The molecule has 3 aliphatic rings. The molecular formula is C19H38SiTi. The summed E-state index contributed by atoms with van der Waals surface area (Å²) < 4.78 is 0. The summed E-state index contributed by atoms with van der Waals surface area (Å²) in [5.74, 6) is 5.37. The monoisotopic (exact) mass is 342 g/mol. The average Bonchev–Trinajstić information content (AvgIpc) is 2.73.